The average Bonchev–Trinajstić information content (AvgIpc) is 3.28. The van der Waals surface area contributed by atoms with Gasteiger partial charge in [0.15, 0.2) is 5.13 Å². The molecule has 130 valence electrons. The third kappa shape index (κ3) is 3.19. The van der Waals surface area contributed by atoms with Crippen molar-refractivity contribution < 1.29 is 9.53 Å². The van der Waals surface area contributed by atoms with Gasteiger partial charge in [0.2, 0.25) is 5.91 Å². The van der Waals surface area contributed by atoms with Gasteiger partial charge >= 0.3 is 0 Å². The van der Waals surface area contributed by atoms with Crippen LogP contribution >= 0.6 is 11.3 Å². The second-order valence-corrected chi connectivity index (χ2v) is 6.68. The van der Waals surface area contributed by atoms with Crippen molar-refractivity contribution >= 4 is 33.3 Å². The molecule has 0 saturated carbocycles. The van der Waals surface area contributed by atoms with Crippen LogP contribution in [0.3, 0.4) is 0 Å². The van der Waals surface area contributed by atoms with Crippen molar-refractivity contribution in [2.75, 3.05) is 12.4 Å². The normalized spacial score (nSPS) is 10.8. The van der Waals surface area contributed by atoms with E-state index in [0.717, 1.165) is 27.7 Å². The van der Waals surface area contributed by atoms with Gasteiger partial charge in [0, 0.05) is 33.6 Å². The number of thiazole rings is 1. The van der Waals surface area contributed by atoms with E-state index in [9.17, 15) is 4.79 Å². The Kier molecular flexibility index (Phi) is 4.41. The molecule has 4 aromatic rings. The molecule has 26 heavy (non-hydrogen) atoms. The Hall–Kier alpha value is -3.12. The lowest BCUT2D eigenvalue weighted by atomic mass is 10.1. The number of rotatable bonds is 5. The first kappa shape index (κ1) is 16.4. The second-order valence-electron chi connectivity index (χ2n) is 5.82. The minimum absolute atomic E-state index is 0.116. The van der Waals surface area contributed by atoms with Crippen molar-refractivity contribution in [2.24, 2.45) is 0 Å². The van der Waals surface area contributed by atoms with Crippen LogP contribution in [0.15, 0.2) is 60.1 Å². The summed E-state index contributed by atoms with van der Waals surface area (Å²) in [6.07, 6.45) is 2.19. The molecule has 0 radical (unpaired) electrons. The zero-order valence-electron chi connectivity index (χ0n) is 14.2. The minimum atomic E-state index is -0.116. The minimum Gasteiger partial charge on any atom is -0.496 e. The third-order valence-corrected chi connectivity index (χ3v) is 4.92. The predicted molar refractivity (Wildman–Crippen MR) is 105 cm³/mol. The maximum Gasteiger partial charge on any atom is 0.230 e. The first-order valence-electron chi connectivity index (χ1n) is 8.18. The number of amides is 1. The lowest BCUT2D eigenvalue weighted by molar-refractivity contribution is -0.115. The van der Waals surface area contributed by atoms with Gasteiger partial charge in [0.05, 0.1) is 19.2 Å². The molecule has 0 spiro atoms. The number of nitrogens with zero attached hydrogens (tertiary/aromatic N) is 1. The van der Waals surface area contributed by atoms with Crippen LogP contribution in [0.1, 0.15) is 5.56 Å². The quantitative estimate of drug-likeness (QED) is 0.549. The van der Waals surface area contributed by atoms with E-state index in [4.69, 9.17) is 4.74 Å². The van der Waals surface area contributed by atoms with E-state index in [1.165, 1.54) is 11.3 Å². The number of ether oxygens (including phenoxy) is 1. The number of carbonyl (C=O) groups excluding carboxylic acids is 1. The highest BCUT2D eigenvalue weighted by molar-refractivity contribution is 7.14. The number of methoxy groups -OCH3 is 1. The highest BCUT2D eigenvalue weighted by Crippen LogP contribution is 2.31. The molecule has 2 heterocycles. The monoisotopic (exact) mass is 363 g/mol. The first-order chi connectivity index (χ1) is 12.7. The molecule has 0 unspecified atom stereocenters. The summed E-state index contributed by atoms with van der Waals surface area (Å²) in [6.45, 7) is 0. The topological polar surface area (TPSA) is 67.0 Å². The van der Waals surface area contributed by atoms with E-state index in [1.54, 1.807) is 7.11 Å². The molecule has 5 nitrogen and oxygen atoms in total. The van der Waals surface area contributed by atoms with Crippen molar-refractivity contribution in [1.29, 1.82) is 0 Å². The van der Waals surface area contributed by atoms with Crippen LogP contribution in [0.25, 0.3) is 22.2 Å². The molecule has 0 aliphatic heterocycles. The van der Waals surface area contributed by atoms with E-state index in [0.29, 0.717) is 10.9 Å². The van der Waals surface area contributed by atoms with Crippen LogP contribution in [0.2, 0.25) is 0 Å². The summed E-state index contributed by atoms with van der Waals surface area (Å²) in [5, 5.41) is 6.53. The van der Waals surface area contributed by atoms with Crippen molar-refractivity contribution in [3.63, 3.8) is 0 Å². The maximum absolute atomic E-state index is 12.4. The van der Waals surface area contributed by atoms with E-state index >= 15 is 0 Å². The SMILES string of the molecule is COc1ccccc1CC(=O)Nc1nc(-c2c[nH]c3ccccc23)cs1. The molecule has 0 fully saturated rings. The third-order valence-electron chi connectivity index (χ3n) is 4.16. The molecule has 0 atom stereocenters. The number of hydrogen-bond acceptors (Lipinski definition) is 4. The molecule has 0 aliphatic rings. The van der Waals surface area contributed by atoms with Gasteiger partial charge in [0.25, 0.3) is 0 Å². The van der Waals surface area contributed by atoms with Gasteiger partial charge in [-0.15, -0.1) is 11.3 Å². The first-order valence-corrected chi connectivity index (χ1v) is 9.06. The highest BCUT2D eigenvalue weighted by Gasteiger charge is 2.13. The molecule has 6 heteroatoms. The van der Waals surface area contributed by atoms with E-state index in [-0.39, 0.29) is 12.3 Å². The Labute approximate surface area is 154 Å². The van der Waals surface area contributed by atoms with Gasteiger partial charge in [-0.05, 0) is 12.1 Å². The molecule has 2 aromatic heterocycles. The average molecular weight is 363 g/mol. The standard InChI is InChI=1S/C20H17N3O2S/c1-25-18-9-5-2-6-13(18)10-19(24)23-20-22-17(12-26-20)15-11-21-16-8-4-3-7-14(15)16/h2-9,11-12,21H,10H2,1H3,(H,22,23,24). The van der Waals surface area contributed by atoms with Crippen molar-refractivity contribution in [1.82, 2.24) is 9.97 Å². The molecule has 0 aliphatic carbocycles. The van der Waals surface area contributed by atoms with Crippen LogP contribution in [-0.4, -0.2) is 23.0 Å². The van der Waals surface area contributed by atoms with Crippen molar-refractivity contribution in [3.8, 4) is 17.0 Å². The lowest BCUT2D eigenvalue weighted by Crippen LogP contribution is -2.14. The number of para-hydroxylation sites is 2. The molecule has 2 aromatic carbocycles. The van der Waals surface area contributed by atoms with Gasteiger partial charge < -0.3 is 15.0 Å². The molecule has 0 saturated heterocycles. The number of benzene rings is 2. The molecule has 2 N–H and O–H groups in total. The van der Waals surface area contributed by atoms with Gasteiger partial charge in [-0.1, -0.05) is 36.4 Å². The lowest BCUT2D eigenvalue weighted by Gasteiger charge is -2.07. The van der Waals surface area contributed by atoms with Crippen LogP contribution in [0.4, 0.5) is 5.13 Å². The van der Waals surface area contributed by atoms with Gasteiger partial charge in [0.1, 0.15) is 5.75 Å². The zero-order valence-corrected chi connectivity index (χ0v) is 15.0. The summed E-state index contributed by atoms with van der Waals surface area (Å²) in [7, 11) is 1.60. The summed E-state index contributed by atoms with van der Waals surface area (Å²) in [6, 6.07) is 15.6. The van der Waals surface area contributed by atoms with Crippen LogP contribution < -0.4 is 10.1 Å². The molecular formula is C20H17N3O2S. The smallest absolute Gasteiger partial charge is 0.230 e. The summed E-state index contributed by atoms with van der Waals surface area (Å²) in [5.74, 6) is 0.593. The van der Waals surface area contributed by atoms with Crippen molar-refractivity contribution in [2.45, 2.75) is 6.42 Å². The number of aromatic amines is 1. The van der Waals surface area contributed by atoms with Crippen LogP contribution in [0.5, 0.6) is 5.75 Å². The number of fused-ring (bicyclic) bond motifs is 1. The van der Waals surface area contributed by atoms with E-state index in [1.807, 2.05) is 54.0 Å². The van der Waals surface area contributed by atoms with E-state index < -0.39 is 0 Å². The second kappa shape index (κ2) is 7.01. The summed E-state index contributed by atoms with van der Waals surface area (Å²) in [5.41, 5.74) is 3.79. The largest absolute Gasteiger partial charge is 0.496 e. The Morgan fingerprint density at radius 1 is 1.19 bits per heavy atom. The predicted octanol–water partition coefficient (Wildman–Crippen LogP) is 4.48. The summed E-state index contributed by atoms with van der Waals surface area (Å²) >= 11 is 1.42. The fraction of sp³-hybridized carbons (Fsp3) is 0.100. The highest BCUT2D eigenvalue weighted by atomic mass is 32.1. The van der Waals surface area contributed by atoms with Gasteiger partial charge in [-0.25, -0.2) is 4.98 Å². The number of H-pyrrole nitrogens is 1. The Morgan fingerprint density at radius 3 is 2.88 bits per heavy atom. The molecule has 1 amide bonds. The molecular weight excluding hydrogens is 346 g/mol. The number of nitrogens with one attached hydrogen (secondary N) is 2. The van der Waals surface area contributed by atoms with Crippen LogP contribution in [0, 0.1) is 0 Å². The number of carbonyl (C=O) groups is 1. The number of aromatic nitrogens is 2. The number of hydrogen-bond donors (Lipinski definition) is 2. The van der Waals surface area contributed by atoms with Gasteiger partial charge in [-0.2, -0.15) is 0 Å². The Bertz CT molecular complexity index is 1070. The fourth-order valence-electron chi connectivity index (χ4n) is 2.92. The fourth-order valence-corrected chi connectivity index (χ4v) is 3.65. The summed E-state index contributed by atoms with van der Waals surface area (Å²) < 4.78 is 5.29. The van der Waals surface area contributed by atoms with Crippen molar-refractivity contribution in [3.05, 3.63) is 65.7 Å². The number of anilines is 1. The zero-order chi connectivity index (χ0) is 17.9. The van der Waals surface area contributed by atoms with Gasteiger partial charge in [-0.3, -0.25) is 4.79 Å². The Balaban J connectivity index is 1.51. The van der Waals surface area contributed by atoms with E-state index in [2.05, 4.69) is 21.4 Å². The molecule has 0 bridgehead atoms. The van der Waals surface area contributed by atoms with Crippen LogP contribution in [-0.2, 0) is 11.2 Å². The Morgan fingerprint density at radius 2 is 2.00 bits per heavy atom. The maximum atomic E-state index is 12.4. The molecule has 4 rings (SSSR count). The summed E-state index contributed by atoms with van der Waals surface area (Å²) in [4.78, 5) is 20.2.